The molecule has 0 fully saturated rings. The van der Waals surface area contributed by atoms with Crippen LogP contribution in [0.15, 0.2) is 23.1 Å². The zero-order valence-electron chi connectivity index (χ0n) is 10.5. The van der Waals surface area contributed by atoms with Gasteiger partial charge in [0.05, 0.1) is 4.90 Å². The van der Waals surface area contributed by atoms with E-state index in [1.807, 2.05) is 0 Å². The fraction of sp³-hybridized carbons (Fsp3) is 0.455. The van der Waals surface area contributed by atoms with Gasteiger partial charge in [-0.05, 0) is 30.7 Å². The van der Waals surface area contributed by atoms with E-state index in [0.717, 1.165) is 5.56 Å². The molecule has 0 saturated carbocycles. The van der Waals surface area contributed by atoms with Gasteiger partial charge < -0.3 is 5.73 Å². The van der Waals surface area contributed by atoms with Gasteiger partial charge in [-0.2, -0.15) is 0 Å². The Bertz CT molecular complexity index is 541. The van der Waals surface area contributed by atoms with Crippen molar-refractivity contribution in [2.45, 2.75) is 18.7 Å². The molecule has 0 aliphatic carbocycles. The molecule has 0 aromatic heterocycles. The van der Waals surface area contributed by atoms with E-state index in [1.165, 1.54) is 12.1 Å². The summed E-state index contributed by atoms with van der Waals surface area (Å²) >= 11 is 0. The summed E-state index contributed by atoms with van der Waals surface area (Å²) in [6.07, 6.45) is 0. The summed E-state index contributed by atoms with van der Waals surface area (Å²) in [6, 6.07) is 4.55. The number of nitrogens with two attached hydrogens (primary N) is 1. The predicted octanol–water partition coefficient (Wildman–Crippen LogP) is 0.624. The minimum atomic E-state index is -3.54. The molecule has 0 amide bonds. The monoisotopic (exact) mass is 290 g/mol. The molecule has 3 N–H and O–H groups in total. The lowest BCUT2D eigenvalue weighted by Crippen LogP contribution is -2.28. The number of nitrogens with one attached hydrogen (secondary N) is 1. The predicted molar refractivity (Wildman–Crippen MR) is 74.3 cm³/mol. The molecule has 0 aliphatic rings. The number of hydrogen-bond donors (Lipinski definition) is 2. The van der Waals surface area contributed by atoms with Crippen LogP contribution in [0.1, 0.15) is 12.5 Å². The molecular weight excluding hydrogens is 272 g/mol. The lowest BCUT2D eigenvalue weighted by atomic mass is 10.2. The first-order chi connectivity index (χ1) is 8.36. The van der Waals surface area contributed by atoms with Gasteiger partial charge in [-0.1, -0.05) is 6.92 Å². The Kier molecular flexibility index (Phi) is 5.30. The Labute approximate surface area is 110 Å². The number of rotatable bonds is 6. The van der Waals surface area contributed by atoms with Crippen molar-refractivity contribution in [2.24, 2.45) is 0 Å². The van der Waals surface area contributed by atoms with E-state index in [2.05, 4.69) is 4.72 Å². The maximum atomic E-state index is 11.9. The van der Waals surface area contributed by atoms with Crippen molar-refractivity contribution in [1.29, 1.82) is 0 Å². The highest BCUT2D eigenvalue weighted by atomic mass is 32.2. The molecule has 0 spiro atoms. The standard InChI is InChI=1S/C11H18N2O3S2/c1-3-17(14)7-6-13-18(15,16)10-4-5-11(12)9(2)8-10/h4-5,8,13H,3,6-7,12H2,1-2H3. The van der Waals surface area contributed by atoms with E-state index in [4.69, 9.17) is 5.73 Å². The van der Waals surface area contributed by atoms with Crippen molar-refractivity contribution < 1.29 is 12.6 Å². The minimum Gasteiger partial charge on any atom is -0.399 e. The second kappa shape index (κ2) is 6.31. The topological polar surface area (TPSA) is 89.3 Å². The first-order valence-corrected chi connectivity index (χ1v) is 8.54. The molecule has 5 nitrogen and oxygen atoms in total. The molecule has 102 valence electrons. The molecule has 0 aliphatic heterocycles. The maximum Gasteiger partial charge on any atom is 0.240 e. The van der Waals surface area contributed by atoms with Gasteiger partial charge >= 0.3 is 0 Å². The molecular formula is C11H18N2O3S2. The molecule has 18 heavy (non-hydrogen) atoms. The van der Waals surface area contributed by atoms with E-state index in [9.17, 15) is 12.6 Å². The van der Waals surface area contributed by atoms with Crippen LogP contribution in [0.25, 0.3) is 0 Å². The van der Waals surface area contributed by atoms with Crippen LogP contribution in [0.3, 0.4) is 0 Å². The maximum absolute atomic E-state index is 11.9. The number of hydrogen-bond acceptors (Lipinski definition) is 4. The van der Waals surface area contributed by atoms with E-state index in [1.54, 1.807) is 19.9 Å². The van der Waals surface area contributed by atoms with E-state index in [-0.39, 0.29) is 11.4 Å². The van der Waals surface area contributed by atoms with Crippen molar-refractivity contribution in [3.05, 3.63) is 23.8 Å². The zero-order valence-corrected chi connectivity index (χ0v) is 12.1. The Morgan fingerprint density at radius 1 is 1.39 bits per heavy atom. The summed E-state index contributed by atoms with van der Waals surface area (Å²) in [5.74, 6) is 0.854. The summed E-state index contributed by atoms with van der Waals surface area (Å²) in [5, 5.41) is 0. The minimum absolute atomic E-state index is 0.173. The van der Waals surface area contributed by atoms with Crippen LogP contribution in [0, 0.1) is 6.92 Å². The van der Waals surface area contributed by atoms with Crippen molar-refractivity contribution in [3.8, 4) is 0 Å². The Hall–Kier alpha value is -0.920. The van der Waals surface area contributed by atoms with E-state index < -0.39 is 20.8 Å². The van der Waals surface area contributed by atoms with Crippen molar-refractivity contribution in [1.82, 2.24) is 4.72 Å². The Morgan fingerprint density at radius 2 is 2.06 bits per heavy atom. The lowest BCUT2D eigenvalue weighted by molar-refractivity contribution is 0.584. The highest BCUT2D eigenvalue weighted by Gasteiger charge is 2.14. The molecule has 1 unspecified atom stereocenters. The van der Waals surface area contributed by atoms with Crippen LogP contribution in [-0.2, 0) is 20.8 Å². The average Bonchev–Trinajstić information content (AvgIpc) is 2.32. The third-order valence-electron chi connectivity index (χ3n) is 2.50. The summed E-state index contributed by atoms with van der Waals surface area (Å²) < 4.78 is 37.4. The summed E-state index contributed by atoms with van der Waals surface area (Å²) in [6.45, 7) is 3.72. The highest BCUT2D eigenvalue weighted by molar-refractivity contribution is 7.89. The van der Waals surface area contributed by atoms with E-state index >= 15 is 0 Å². The second-order valence-electron chi connectivity index (χ2n) is 3.85. The molecule has 0 heterocycles. The van der Waals surface area contributed by atoms with Crippen LogP contribution < -0.4 is 10.5 Å². The molecule has 0 radical (unpaired) electrons. The van der Waals surface area contributed by atoms with Crippen LogP contribution in [0.5, 0.6) is 0 Å². The molecule has 1 rings (SSSR count). The average molecular weight is 290 g/mol. The third kappa shape index (κ3) is 4.08. The Morgan fingerprint density at radius 3 is 2.61 bits per heavy atom. The number of benzene rings is 1. The van der Waals surface area contributed by atoms with Gasteiger partial charge in [0.1, 0.15) is 0 Å². The van der Waals surface area contributed by atoms with Gasteiger partial charge in [-0.25, -0.2) is 13.1 Å². The molecule has 1 aromatic rings. The fourth-order valence-corrected chi connectivity index (χ4v) is 3.20. The number of anilines is 1. The van der Waals surface area contributed by atoms with Crippen molar-refractivity contribution in [2.75, 3.05) is 23.8 Å². The van der Waals surface area contributed by atoms with Gasteiger partial charge in [-0.15, -0.1) is 0 Å². The van der Waals surface area contributed by atoms with Gasteiger partial charge in [0.25, 0.3) is 0 Å². The number of sulfonamides is 1. The van der Waals surface area contributed by atoms with Gasteiger partial charge in [0.2, 0.25) is 10.0 Å². The molecule has 0 bridgehead atoms. The number of aryl methyl sites for hydroxylation is 1. The normalized spacial score (nSPS) is 13.4. The molecule has 7 heteroatoms. The third-order valence-corrected chi connectivity index (χ3v) is 5.26. The van der Waals surface area contributed by atoms with Crippen LogP contribution in [0.2, 0.25) is 0 Å². The summed E-state index contributed by atoms with van der Waals surface area (Å²) in [7, 11) is -4.52. The summed E-state index contributed by atoms with van der Waals surface area (Å²) in [5.41, 5.74) is 6.91. The zero-order chi connectivity index (χ0) is 13.8. The van der Waals surface area contributed by atoms with Crippen molar-refractivity contribution >= 4 is 26.5 Å². The van der Waals surface area contributed by atoms with Gasteiger partial charge in [0.15, 0.2) is 0 Å². The largest absolute Gasteiger partial charge is 0.399 e. The first-order valence-electron chi connectivity index (χ1n) is 5.57. The van der Waals surface area contributed by atoms with E-state index in [0.29, 0.717) is 17.2 Å². The smallest absolute Gasteiger partial charge is 0.240 e. The van der Waals surface area contributed by atoms with Crippen LogP contribution >= 0.6 is 0 Å². The van der Waals surface area contributed by atoms with Gasteiger partial charge in [-0.3, -0.25) is 4.21 Å². The highest BCUT2D eigenvalue weighted by Crippen LogP contribution is 2.16. The van der Waals surface area contributed by atoms with Gasteiger partial charge in [0, 0.05) is 34.5 Å². The molecule has 0 saturated heterocycles. The number of nitrogen functional groups attached to an aromatic ring is 1. The SMILES string of the molecule is CCS(=O)CCNS(=O)(=O)c1ccc(N)c(C)c1. The summed E-state index contributed by atoms with van der Waals surface area (Å²) in [4.78, 5) is 0.177. The lowest BCUT2D eigenvalue weighted by Gasteiger charge is -2.08. The van der Waals surface area contributed by atoms with Crippen molar-refractivity contribution in [3.63, 3.8) is 0 Å². The van der Waals surface area contributed by atoms with Crippen LogP contribution in [0.4, 0.5) is 5.69 Å². The first kappa shape index (κ1) is 15.1. The second-order valence-corrected chi connectivity index (χ2v) is 7.48. The fourth-order valence-electron chi connectivity index (χ4n) is 1.33. The molecule has 1 atom stereocenters. The quantitative estimate of drug-likeness (QED) is 0.752. The molecule has 1 aromatic carbocycles. The Balaban J connectivity index is 2.74. The van der Waals surface area contributed by atoms with Crippen LogP contribution in [-0.4, -0.2) is 30.7 Å².